The number of nitrogens with two attached hydrogens (primary N) is 1. The molecule has 90 valence electrons. The Morgan fingerprint density at radius 3 is 2.47 bits per heavy atom. The van der Waals surface area contributed by atoms with E-state index in [1.54, 1.807) is 24.3 Å². The van der Waals surface area contributed by atoms with Crippen molar-refractivity contribution >= 4 is 11.6 Å². The predicted octanol–water partition coefficient (Wildman–Crippen LogP) is 0.974. The third kappa shape index (κ3) is 3.81. The molecule has 1 rings (SSSR count). The Morgan fingerprint density at radius 1 is 1.35 bits per heavy atom. The Morgan fingerprint density at radius 2 is 1.94 bits per heavy atom. The van der Waals surface area contributed by atoms with Gasteiger partial charge in [0, 0.05) is 32.7 Å². The average molecular weight is 231 g/mol. The second-order valence-electron chi connectivity index (χ2n) is 3.29. The highest BCUT2D eigenvalue weighted by atomic mass is 16.1. The predicted molar refractivity (Wildman–Crippen MR) is 71.8 cm³/mol. The zero-order valence-electron chi connectivity index (χ0n) is 9.31. The second-order valence-corrected chi connectivity index (χ2v) is 3.29. The fraction of sp³-hybridized carbons (Fsp3) is 0.154. The van der Waals surface area contributed by atoms with Gasteiger partial charge in [0.2, 0.25) is 0 Å². The van der Waals surface area contributed by atoms with Gasteiger partial charge in [0.05, 0.1) is 6.54 Å². The summed E-state index contributed by atoms with van der Waals surface area (Å²) in [6.07, 6.45) is 10.3. The van der Waals surface area contributed by atoms with Crippen LogP contribution in [0.4, 0.5) is 5.69 Å². The Kier molecular flexibility index (Phi) is 4.47. The molecule has 3 N–H and O–H groups in total. The van der Waals surface area contributed by atoms with Crippen molar-refractivity contribution in [3.05, 3.63) is 29.8 Å². The summed E-state index contributed by atoms with van der Waals surface area (Å²) in [5.41, 5.74) is 6.69. The van der Waals surface area contributed by atoms with Crippen LogP contribution in [0.2, 0.25) is 0 Å². The second kappa shape index (κ2) is 6.09. The molecular weight excluding hydrogens is 214 g/mol. The molecule has 1 aromatic rings. The maximum atomic E-state index is 11.6. The van der Waals surface area contributed by atoms with Crippen LogP contribution in [0, 0.1) is 24.9 Å². The molecule has 0 unspecified atom stereocenters. The summed E-state index contributed by atoms with van der Waals surface area (Å²) < 4.78 is 0. The van der Waals surface area contributed by atoms with Crippen LogP contribution in [0.3, 0.4) is 0 Å². The van der Waals surface area contributed by atoms with Crippen molar-refractivity contribution < 1.29 is 7.65 Å². The summed E-state index contributed by atoms with van der Waals surface area (Å²) in [4.78, 5) is 13.0. The van der Waals surface area contributed by atoms with E-state index in [1.165, 1.54) is 4.90 Å². The van der Waals surface area contributed by atoms with Gasteiger partial charge in [0.1, 0.15) is 0 Å². The third-order valence-electron chi connectivity index (χ3n) is 2.11. The van der Waals surface area contributed by atoms with Crippen molar-refractivity contribution in [2.75, 3.05) is 18.8 Å². The van der Waals surface area contributed by atoms with E-state index in [0.717, 1.165) is 0 Å². The molecule has 0 radical (unpaired) electrons. The molecule has 0 saturated heterocycles. The molecule has 0 aliphatic heterocycles. The SMILES string of the molecule is C#CN(C#C)CCNC(=O)c1ccc(N)cc1.[HH].[HH]. The van der Waals surface area contributed by atoms with Crippen LogP contribution in [0.25, 0.3) is 0 Å². The van der Waals surface area contributed by atoms with Crippen LogP contribution in [0.1, 0.15) is 13.2 Å². The molecule has 17 heavy (non-hydrogen) atoms. The fourth-order valence-electron chi connectivity index (χ4n) is 1.18. The number of nitrogen functional groups attached to an aromatic ring is 1. The smallest absolute Gasteiger partial charge is 0.251 e. The third-order valence-corrected chi connectivity index (χ3v) is 2.11. The first-order valence-corrected chi connectivity index (χ1v) is 5.01. The molecule has 1 aromatic carbocycles. The quantitative estimate of drug-likeness (QED) is 0.461. The van der Waals surface area contributed by atoms with E-state index in [1.807, 2.05) is 0 Å². The minimum Gasteiger partial charge on any atom is -0.399 e. The number of carbonyl (C=O) groups is 1. The van der Waals surface area contributed by atoms with Gasteiger partial charge in [0.15, 0.2) is 0 Å². The maximum absolute atomic E-state index is 11.6. The lowest BCUT2D eigenvalue weighted by Crippen LogP contribution is -2.30. The minimum atomic E-state index is -0.181. The molecule has 1 amide bonds. The van der Waals surface area contributed by atoms with Gasteiger partial charge in [0.25, 0.3) is 5.91 Å². The van der Waals surface area contributed by atoms with E-state index in [9.17, 15) is 4.79 Å². The van der Waals surface area contributed by atoms with Crippen LogP contribution in [0.15, 0.2) is 24.3 Å². The van der Waals surface area contributed by atoms with Gasteiger partial charge in [-0.2, -0.15) is 0 Å². The molecular formula is C13H17N3O. The number of rotatable bonds is 4. The molecule has 0 spiro atoms. The fourth-order valence-corrected chi connectivity index (χ4v) is 1.18. The highest BCUT2D eigenvalue weighted by molar-refractivity contribution is 5.94. The Bertz CT molecular complexity index is 460. The number of amides is 1. The molecule has 0 saturated carbocycles. The van der Waals surface area contributed by atoms with E-state index in [2.05, 4.69) is 17.4 Å². The Hall–Kier alpha value is -2.59. The summed E-state index contributed by atoms with van der Waals surface area (Å²) in [7, 11) is 0. The summed E-state index contributed by atoms with van der Waals surface area (Å²) in [6, 6.07) is 11.3. The van der Waals surface area contributed by atoms with Crippen LogP contribution in [0.5, 0.6) is 0 Å². The van der Waals surface area contributed by atoms with Crippen molar-refractivity contribution in [2.24, 2.45) is 0 Å². The first-order valence-electron chi connectivity index (χ1n) is 5.01. The van der Waals surface area contributed by atoms with Crippen LogP contribution < -0.4 is 11.1 Å². The summed E-state index contributed by atoms with van der Waals surface area (Å²) >= 11 is 0. The number of terminal acetylenes is 2. The molecule has 0 bridgehead atoms. The molecule has 4 nitrogen and oxygen atoms in total. The Balaban J connectivity index is 0. The van der Waals surface area contributed by atoms with E-state index < -0.39 is 0 Å². The van der Waals surface area contributed by atoms with Crippen molar-refractivity contribution in [1.29, 1.82) is 0 Å². The van der Waals surface area contributed by atoms with Gasteiger partial charge >= 0.3 is 0 Å². The number of nitrogens with one attached hydrogen (secondary N) is 1. The molecule has 0 aliphatic carbocycles. The number of hydrogen-bond donors (Lipinski definition) is 2. The van der Waals surface area contributed by atoms with Gasteiger partial charge in [-0.05, 0) is 24.3 Å². The molecule has 4 heteroatoms. The highest BCUT2D eigenvalue weighted by Crippen LogP contribution is 2.04. The van der Waals surface area contributed by atoms with Gasteiger partial charge in [-0.15, -0.1) is 0 Å². The minimum absolute atomic E-state index is 0. The number of benzene rings is 1. The standard InChI is InChI=1S/C13H13N3O.2H2/c1-3-16(4-2)10-9-15-13(17)11-5-7-12(14)8-6-11;;/h1-2,5-8H,9-10,14H2,(H,15,17);2*1H. The number of nitrogens with zero attached hydrogens (tertiary/aromatic N) is 1. The summed E-state index contributed by atoms with van der Waals surface area (Å²) in [5.74, 6) is -0.181. The molecule has 0 aliphatic rings. The van der Waals surface area contributed by atoms with Gasteiger partial charge in [-0.25, -0.2) is 0 Å². The Labute approximate surface area is 104 Å². The van der Waals surface area contributed by atoms with Gasteiger partial charge in [-0.3, -0.25) is 9.69 Å². The lowest BCUT2D eigenvalue weighted by Gasteiger charge is -2.10. The largest absolute Gasteiger partial charge is 0.399 e. The zero-order chi connectivity index (χ0) is 12.7. The van der Waals surface area contributed by atoms with Crippen molar-refractivity contribution in [3.8, 4) is 24.9 Å². The van der Waals surface area contributed by atoms with Crippen LogP contribution in [-0.2, 0) is 0 Å². The first-order chi connectivity index (χ1) is 8.17. The number of anilines is 1. The van der Waals surface area contributed by atoms with Crippen LogP contribution in [-0.4, -0.2) is 23.9 Å². The van der Waals surface area contributed by atoms with Gasteiger partial charge < -0.3 is 11.1 Å². The summed E-state index contributed by atoms with van der Waals surface area (Å²) in [5, 5.41) is 2.70. The van der Waals surface area contributed by atoms with Crippen molar-refractivity contribution in [2.45, 2.75) is 0 Å². The molecule has 0 heterocycles. The van der Waals surface area contributed by atoms with Crippen molar-refractivity contribution in [3.63, 3.8) is 0 Å². The zero-order valence-corrected chi connectivity index (χ0v) is 9.31. The van der Waals surface area contributed by atoms with E-state index in [4.69, 9.17) is 18.6 Å². The first kappa shape index (κ1) is 12.5. The highest BCUT2D eigenvalue weighted by Gasteiger charge is 2.04. The molecule has 0 atom stereocenters. The van der Waals surface area contributed by atoms with Crippen molar-refractivity contribution in [1.82, 2.24) is 10.2 Å². The summed E-state index contributed by atoms with van der Waals surface area (Å²) in [6.45, 7) is 0.797. The van der Waals surface area contributed by atoms with Gasteiger partial charge in [-0.1, -0.05) is 12.8 Å². The number of hydrogen-bond acceptors (Lipinski definition) is 3. The number of carbonyl (C=O) groups excluding carboxylic acids is 1. The van der Waals surface area contributed by atoms with E-state index in [-0.39, 0.29) is 8.76 Å². The van der Waals surface area contributed by atoms with E-state index in [0.29, 0.717) is 24.3 Å². The van der Waals surface area contributed by atoms with E-state index >= 15 is 0 Å². The molecule has 0 fully saturated rings. The average Bonchev–Trinajstić information content (AvgIpc) is 2.35. The lowest BCUT2D eigenvalue weighted by molar-refractivity contribution is 0.0952. The lowest BCUT2D eigenvalue weighted by atomic mass is 10.2. The molecule has 0 aromatic heterocycles. The monoisotopic (exact) mass is 231 g/mol. The van der Waals surface area contributed by atoms with Crippen LogP contribution >= 0.6 is 0 Å². The normalized spacial score (nSPS) is 8.82. The topological polar surface area (TPSA) is 58.4 Å². The maximum Gasteiger partial charge on any atom is 0.251 e.